The summed E-state index contributed by atoms with van der Waals surface area (Å²) in [6.45, 7) is 11.5. The van der Waals surface area contributed by atoms with Crippen LogP contribution in [0.2, 0.25) is 0 Å². The molecule has 0 atom stereocenters. The van der Waals surface area contributed by atoms with E-state index < -0.39 is 0 Å². The van der Waals surface area contributed by atoms with Gasteiger partial charge in [0.15, 0.2) is 0 Å². The summed E-state index contributed by atoms with van der Waals surface area (Å²) in [5.74, 6) is 2.71. The van der Waals surface area contributed by atoms with Gasteiger partial charge in [0.05, 0.1) is 0 Å². The Kier molecular flexibility index (Phi) is 5.98. The van der Waals surface area contributed by atoms with Gasteiger partial charge in [-0.25, -0.2) is 0 Å². The maximum atomic E-state index is 12.1. The van der Waals surface area contributed by atoms with Crippen LogP contribution in [0, 0.1) is 10.7 Å². The number of aromatic nitrogens is 1. The number of carbonyl (C=O) groups is 1. The summed E-state index contributed by atoms with van der Waals surface area (Å²) in [5, 5.41) is 0. The van der Waals surface area contributed by atoms with Crippen LogP contribution in [0.15, 0.2) is 36.5 Å². The summed E-state index contributed by atoms with van der Waals surface area (Å²) in [4.78, 5) is 19.6. The van der Waals surface area contributed by atoms with Crippen molar-refractivity contribution in [1.29, 1.82) is 0 Å². The average molecular weight is 440 g/mol. The van der Waals surface area contributed by atoms with E-state index in [0.29, 0.717) is 17.9 Å². The van der Waals surface area contributed by atoms with Gasteiger partial charge in [0.1, 0.15) is 0 Å². The molecule has 0 saturated heterocycles. The van der Waals surface area contributed by atoms with Crippen LogP contribution >= 0.6 is 0 Å². The zero-order valence-corrected chi connectivity index (χ0v) is 19.0. The van der Waals surface area contributed by atoms with E-state index in [1.54, 1.807) is 25.3 Å². The first kappa shape index (κ1) is 20.6. The van der Waals surface area contributed by atoms with Gasteiger partial charge >= 0.3 is 174 Å². The number of pyridine rings is 1. The van der Waals surface area contributed by atoms with Gasteiger partial charge in [-0.1, -0.05) is 0 Å². The normalized spacial score (nSPS) is 16.5. The van der Waals surface area contributed by atoms with Crippen molar-refractivity contribution in [2.75, 3.05) is 6.61 Å². The molecule has 1 aliphatic rings. The summed E-state index contributed by atoms with van der Waals surface area (Å²) < 4.78 is 6.36. The molecular weight excluding hydrogens is 413 g/mol. The molecule has 1 aliphatic carbocycles. The van der Waals surface area contributed by atoms with Gasteiger partial charge in [-0.05, 0) is 0 Å². The quantitative estimate of drug-likeness (QED) is 0.412. The van der Waals surface area contributed by atoms with Gasteiger partial charge in [0.25, 0.3) is 0 Å². The molecule has 0 saturated carbocycles. The number of carbonyl (C=O) groups excluding carboxylic acids is 1. The molecule has 1 aromatic heterocycles. The van der Waals surface area contributed by atoms with E-state index in [1.165, 1.54) is 28.4 Å². The number of esters is 1. The molecule has 0 N–H and O–H groups in total. The zero-order valence-electron chi connectivity index (χ0n) is 17.3. The molecule has 4 heteroatoms. The Labute approximate surface area is 174 Å². The van der Waals surface area contributed by atoms with Crippen LogP contribution in [0.25, 0.3) is 0 Å². The predicted octanol–water partition coefficient (Wildman–Crippen LogP) is 3.95. The molecule has 146 valence electrons. The Morgan fingerprint density at radius 2 is 1.86 bits per heavy atom. The average Bonchev–Trinajstić information content (AvgIpc) is 2.66. The van der Waals surface area contributed by atoms with Crippen LogP contribution in [0.4, 0.5) is 0 Å². The Bertz CT molecular complexity index is 951. The monoisotopic (exact) mass is 441 g/mol. The molecule has 1 aromatic carbocycles. The van der Waals surface area contributed by atoms with Crippen molar-refractivity contribution in [1.82, 2.24) is 4.98 Å². The van der Waals surface area contributed by atoms with Crippen molar-refractivity contribution < 1.29 is 9.53 Å². The summed E-state index contributed by atoms with van der Waals surface area (Å²) in [5.41, 5.74) is 4.26. The van der Waals surface area contributed by atoms with E-state index >= 15 is 0 Å². The molecule has 1 heterocycles. The van der Waals surface area contributed by atoms with Crippen molar-refractivity contribution >= 4 is 25.4 Å². The minimum absolute atomic E-state index is 0.00382. The van der Waals surface area contributed by atoms with Crippen LogP contribution in [0.1, 0.15) is 74.6 Å². The fourth-order valence-electron chi connectivity index (χ4n) is 3.64. The van der Waals surface area contributed by atoms with Gasteiger partial charge in [-0.15, -0.1) is 0 Å². The molecule has 0 spiro atoms. The number of hydrogen-bond acceptors (Lipinski definition) is 3. The Morgan fingerprint density at radius 1 is 1.14 bits per heavy atom. The van der Waals surface area contributed by atoms with Crippen LogP contribution in [0.5, 0.6) is 0 Å². The van der Waals surface area contributed by atoms with Crippen molar-refractivity contribution in [3.05, 3.63) is 58.9 Å². The maximum absolute atomic E-state index is 12.1. The van der Waals surface area contributed by atoms with E-state index in [2.05, 4.69) is 61.6 Å². The first-order valence-electron chi connectivity index (χ1n) is 9.69. The molecule has 0 bridgehead atoms. The number of nitrogens with zero attached hydrogens (tertiary/aromatic N) is 1. The molecule has 3 rings (SSSR count). The third-order valence-corrected chi connectivity index (χ3v) is 6.92. The standard InChI is InChI=1S/C24H27NO2Se/c1-6-27-22(26)18-8-7-14-25-21(18)11-15-28-17-9-10-19-20(16-17)24(4,5)13-12-23(19,2)3/h7-10,14,16H,6,12-13H2,1-5H3. The van der Waals surface area contributed by atoms with Gasteiger partial charge in [-0.3, -0.25) is 0 Å². The predicted molar refractivity (Wildman–Crippen MR) is 114 cm³/mol. The number of hydrogen-bond donors (Lipinski definition) is 0. The Morgan fingerprint density at radius 3 is 2.57 bits per heavy atom. The zero-order chi connectivity index (χ0) is 20.4. The van der Waals surface area contributed by atoms with Crippen molar-refractivity contribution in [3.8, 4) is 10.7 Å². The molecule has 0 fully saturated rings. The topological polar surface area (TPSA) is 39.2 Å². The third-order valence-electron chi connectivity index (χ3n) is 5.47. The van der Waals surface area contributed by atoms with Crippen LogP contribution in [0.3, 0.4) is 0 Å². The summed E-state index contributed by atoms with van der Waals surface area (Å²) in [7, 11) is 0. The van der Waals surface area contributed by atoms with Gasteiger partial charge in [0, 0.05) is 0 Å². The van der Waals surface area contributed by atoms with E-state index in [-0.39, 0.29) is 31.8 Å². The van der Waals surface area contributed by atoms with Crippen LogP contribution in [-0.4, -0.2) is 32.5 Å². The Balaban J connectivity index is 1.86. The molecule has 0 amide bonds. The van der Waals surface area contributed by atoms with E-state index in [9.17, 15) is 4.79 Å². The fraction of sp³-hybridized carbons (Fsp3) is 0.417. The van der Waals surface area contributed by atoms with Gasteiger partial charge in [-0.2, -0.15) is 0 Å². The van der Waals surface area contributed by atoms with Crippen molar-refractivity contribution in [2.45, 2.75) is 58.3 Å². The second-order valence-electron chi connectivity index (χ2n) is 8.42. The van der Waals surface area contributed by atoms with Crippen molar-refractivity contribution in [2.24, 2.45) is 0 Å². The third kappa shape index (κ3) is 4.32. The van der Waals surface area contributed by atoms with E-state index in [1.807, 2.05) is 0 Å². The molecule has 3 nitrogen and oxygen atoms in total. The summed E-state index contributed by atoms with van der Waals surface area (Å²) >= 11 is -0.00382. The first-order valence-corrected chi connectivity index (χ1v) is 11.4. The summed E-state index contributed by atoms with van der Waals surface area (Å²) in [6.07, 6.45) is 4.07. The van der Waals surface area contributed by atoms with E-state index in [4.69, 9.17) is 4.74 Å². The molecule has 0 unspecified atom stereocenters. The molecule has 28 heavy (non-hydrogen) atoms. The number of rotatable bonds is 3. The Hall–Kier alpha value is -2.08. The second kappa shape index (κ2) is 8.11. The van der Waals surface area contributed by atoms with Gasteiger partial charge < -0.3 is 0 Å². The SMILES string of the molecule is CCOC(=O)c1cccnc1C#C[Se]c1ccc2c(c1)C(C)(C)CCC2(C)C. The number of ether oxygens (including phenoxy) is 1. The van der Waals surface area contributed by atoms with Crippen LogP contribution < -0.4 is 4.46 Å². The molecule has 0 aliphatic heterocycles. The van der Waals surface area contributed by atoms with Crippen molar-refractivity contribution in [3.63, 3.8) is 0 Å². The minimum atomic E-state index is -0.370. The molecule has 2 aromatic rings. The number of benzene rings is 1. The fourth-order valence-corrected chi connectivity index (χ4v) is 4.86. The van der Waals surface area contributed by atoms with Crippen LogP contribution in [-0.2, 0) is 15.6 Å². The molecular formula is C24H27NO2Se. The number of fused-ring (bicyclic) bond motifs is 1. The van der Waals surface area contributed by atoms with E-state index in [0.717, 1.165) is 0 Å². The van der Waals surface area contributed by atoms with Gasteiger partial charge in [0.2, 0.25) is 0 Å². The second-order valence-corrected chi connectivity index (χ2v) is 10.3. The molecule has 0 radical (unpaired) electrons. The first-order chi connectivity index (χ1) is 13.2. The summed E-state index contributed by atoms with van der Waals surface area (Å²) in [6, 6.07) is 10.3.